The van der Waals surface area contributed by atoms with Gasteiger partial charge in [-0.15, -0.1) is 0 Å². The third-order valence-electron chi connectivity index (χ3n) is 4.10. The van der Waals surface area contributed by atoms with E-state index in [1.54, 1.807) is 6.20 Å². The Morgan fingerprint density at radius 1 is 1.05 bits per heavy atom. The van der Waals surface area contributed by atoms with Gasteiger partial charge in [-0.05, 0) is 37.5 Å². The molecule has 1 aliphatic rings. The average Bonchev–Trinajstić information content (AvgIpc) is 3.00. The van der Waals surface area contributed by atoms with Crippen molar-refractivity contribution in [3.8, 4) is 11.3 Å². The lowest BCUT2D eigenvalue weighted by Gasteiger charge is -2.29. The third kappa shape index (κ3) is 2.14. The molecule has 1 fully saturated rings. The summed E-state index contributed by atoms with van der Waals surface area (Å²) in [5.74, 6) is 0. The second-order valence-electron chi connectivity index (χ2n) is 5.41. The van der Waals surface area contributed by atoms with Gasteiger partial charge in [-0.25, -0.2) is 4.98 Å². The molecule has 4 heterocycles. The van der Waals surface area contributed by atoms with E-state index in [1.807, 2.05) is 24.5 Å². The SMILES string of the molecule is c1cnnc(-c2c[nH]c3nccc(N4CCCCC4)c23)c1. The van der Waals surface area contributed by atoms with E-state index < -0.39 is 0 Å². The van der Waals surface area contributed by atoms with Crippen LogP contribution in [0.25, 0.3) is 22.3 Å². The Kier molecular flexibility index (Phi) is 3.03. The van der Waals surface area contributed by atoms with Gasteiger partial charge < -0.3 is 9.88 Å². The fraction of sp³-hybridized carbons (Fsp3) is 0.312. The molecular formula is C16H17N5. The Morgan fingerprint density at radius 3 is 2.76 bits per heavy atom. The maximum atomic E-state index is 4.45. The molecular weight excluding hydrogens is 262 g/mol. The highest BCUT2D eigenvalue weighted by atomic mass is 15.1. The molecule has 0 bridgehead atoms. The number of aromatic amines is 1. The zero-order valence-corrected chi connectivity index (χ0v) is 11.8. The van der Waals surface area contributed by atoms with Crippen molar-refractivity contribution in [3.05, 3.63) is 36.8 Å². The van der Waals surface area contributed by atoms with E-state index in [1.165, 1.54) is 24.9 Å². The van der Waals surface area contributed by atoms with Crippen molar-refractivity contribution < 1.29 is 0 Å². The van der Waals surface area contributed by atoms with Crippen LogP contribution in [-0.2, 0) is 0 Å². The topological polar surface area (TPSA) is 57.7 Å². The molecule has 5 heteroatoms. The first-order chi connectivity index (χ1) is 10.4. The molecule has 0 aliphatic carbocycles. The maximum absolute atomic E-state index is 4.45. The molecule has 5 nitrogen and oxygen atoms in total. The van der Waals surface area contributed by atoms with Crippen LogP contribution in [0.2, 0.25) is 0 Å². The van der Waals surface area contributed by atoms with Crippen LogP contribution in [-0.4, -0.2) is 33.3 Å². The number of nitrogens with zero attached hydrogens (tertiary/aromatic N) is 4. The van der Waals surface area contributed by atoms with Gasteiger partial charge in [0, 0.05) is 42.9 Å². The van der Waals surface area contributed by atoms with Crippen LogP contribution in [0.3, 0.4) is 0 Å². The summed E-state index contributed by atoms with van der Waals surface area (Å²) in [6.07, 6.45) is 9.40. The summed E-state index contributed by atoms with van der Waals surface area (Å²) in [5.41, 5.74) is 4.13. The number of pyridine rings is 1. The van der Waals surface area contributed by atoms with E-state index in [0.717, 1.165) is 35.4 Å². The third-order valence-corrected chi connectivity index (χ3v) is 4.10. The van der Waals surface area contributed by atoms with E-state index in [4.69, 9.17) is 0 Å². The van der Waals surface area contributed by atoms with E-state index >= 15 is 0 Å². The van der Waals surface area contributed by atoms with Gasteiger partial charge in [0.05, 0.1) is 11.1 Å². The zero-order valence-electron chi connectivity index (χ0n) is 11.8. The lowest BCUT2D eigenvalue weighted by molar-refractivity contribution is 0.579. The van der Waals surface area contributed by atoms with Crippen LogP contribution in [0.4, 0.5) is 5.69 Å². The van der Waals surface area contributed by atoms with Gasteiger partial charge in [-0.2, -0.15) is 10.2 Å². The largest absolute Gasteiger partial charge is 0.371 e. The number of nitrogens with one attached hydrogen (secondary N) is 1. The minimum absolute atomic E-state index is 0.884. The van der Waals surface area contributed by atoms with Crippen molar-refractivity contribution in [2.75, 3.05) is 18.0 Å². The van der Waals surface area contributed by atoms with Crippen LogP contribution < -0.4 is 4.90 Å². The molecule has 0 aromatic carbocycles. The smallest absolute Gasteiger partial charge is 0.140 e. The second kappa shape index (κ2) is 5.16. The number of piperidine rings is 1. The van der Waals surface area contributed by atoms with Gasteiger partial charge in [0.2, 0.25) is 0 Å². The number of H-pyrrole nitrogens is 1. The first kappa shape index (κ1) is 12.3. The van der Waals surface area contributed by atoms with Crippen LogP contribution >= 0.6 is 0 Å². The lowest BCUT2D eigenvalue weighted by atomic mass is 10.1. The number of fused-ring (bicyclic) bond motifs is 1. The summed E-state index contributed by atoms with van der Waals surface area (Å²) in [5, 5.41) is 9.39. The van der Waals surface area contributed by atoms with Crippen molar-refractivity contribution in [2.24, 2.45) is 0 Å². The molecule has 0 spiro atoms. The molecule has 0 atom stereocenters. The van der Waals surface area contributed by atoms with Crippen molar-refractivity contribution in [1.82, 2.24) is 20.2 Å². The van der Waals surface area contributed by atoms with Gasteiger partial charge in [-0.3, -0.25) is 0 Å². The first-order valence-electron chi connectivity index (χ1n) is 7.42. The fourth-order valence-electron chi connectivity index (χ4n) is 3.08. The monoisotopic (exact) mass is 279 g/mol. The molecule has 0 unspecified atom stereocenters. The zero-order chi connectivity index (χ0) is 14.1. The quantitative estimate of drug-likeness (QED) is 0.783. The first-order valence-corrected chi connectivity index (χ1v) is 7.42. The van der Waals surface area contributed by atoms with Gasteiger partial charge in [0.25, 0.3) is 0 Å². The normalized spacial score (nSPS) is 15.5. The van der Waals surface area contributed by atoms with Crippen molar-refractivity contribution >= 4 is 16.7 Å². The van der Waals surface area contributed by atoms with Crippen molar-refractivity contribution in [1.29, 1.82) is 0 Å². The van der Waals surface area contributed by atoms with Crippen LogP contribution in [0, 0.1) is 0 Å². The maximum Gasteiger partial charge on any atom is 0.140 e. The molecule has 4 rings (SSSR count). The van der Waals surface area contributed by atoms with Crippen LogP contribution in [0.1, 0.15) is 19.3 Å². The Bertz CT molecular complexity index is 744. The number of hydrogen-bond acceptors (Lipinski definition) is 4. The predicted molar refractivity (Wildman–Crippen MR) is 83.2 cm³/mol. The number of anilines is 1. The summed E-state index contributed by atoms with van der Waals surface area (Å²) in [6, 6.07) is 6.02. The molecule has 3 aromatic rings. The molecule has 106 valence electrons. The summed E-state index contributed by atoms with van der Waals surface area (Å²) in [4.78, 5) is 10.2. The number of rotatable bonds is 2. The highest BCUT2D eigenvalue weighted by Crippen LogP contribution is 2.34. The molecule has 0 amide bonds. The van der Waals surface area contributed by atoms with Crippen LogP contribution in [0.5, 0.6) is 0 Å². The molecule has 21 heavy (non-hydrogen) atoms. The van der Waals surface area contributed by atoms with E-state index in [0.29, 0.717) is 0 Å². The predicted octanol–water partition coefficient (Wildman–Crippen LogP) is 3.01. The summed E-state index contributed by atoms with van der Waals surface area (Å²) >= 11 is 0. The summed E-state index contributed by atoms with van der Waals surface area (Å²) in [6.45, 7) is 2.23. The summed E-state index contributed by atoms with van der Waals surface area (Å²) < 4.78 is 0. The van der Waals surface area contributed by atoms with Gasteiger partial charge >= 0.3 is 0 Å². The van der Waals surface area contributed by atoms with Gasteiger partial charge in [-0.1, -0.05) is 0 Å². The number of hydrogen-bond donors (Lipinski definition) is 1. The van der Waals surface area contributed by atoms with Crippen molar-refractivity contribution in [2.45, 2.75) is 19.3 Å². The highest BCUT2D eigenvalue weighted by molar-refractivity contribution is 6.01. The Labute approximate surface area is 123 Å². The highest BCUT2D eigenvalue weighted by Gasteiger charge is 2.18. The van der Waals surface area contributed by atoms with Gasteiger partial charge in [0.15, 0.2) is 0 Å². The average molecular weight is 279 g/mol. The Balaban J connectivity index is 1.89. The minimum atomic E-state index is 0.884. The molecule has 0 saturated carbocycles. The number of aromatic nitrogens is 4. The Hall–Kier alpha value is -2.43. The summed E-state index contributed by atoms with van der Waals surface area (Å²) in [7, 11) is 0. The molecule has 0 radical (unpaired) electrons. The second-order valence-corrected chi connectivity index (χ2v) is 5.41. The molecule has 1 N–H and O–H groups in total. The lowest BCUT2D eigenvalue weighted by Crippen LogP contribution is -2.29. The standard InChI is InChI=1S/C16H17N5/c1-2-9-21(10-3-1)14-6-8-17-16-15(14)12(11-18-16)13-5-4-7-19-20-13/h4-8,11H,1-3,9-10H2,(H,17,18). The van der Waals surface area contributed by atoms with Crippen LogP contribution in [0.15, 0.2) is 36.8 Å². The van der Waals surface area contributed by atoms with E-state index in [2.05, 4.69) is 31.1 Å². The van der Waals surface area contributed by atoms with Gasteiger partial charge in [0.1, 0.15) is 5.65 Å². The molecule has 1 saturated heterocycles. The van der Waals surface area contributed by atoms with E-state index in [9.17, 15) is 0 Å². The molecule has 1 aliphatic heterocycles. The minimum Gasteiger partial charge on any atom is -0.371 e. The van der Waals surface area contributed by atoms with Crippen molar-refractivity contribution in [3.63, 3.8) is 0 Å². The molecule has 3 aromatic heterocycles. The fourth-order valence-corrected chi connectivity index (χ4v) is 3.08. The Morgan fingerprint density at radius 2 is 1.95 bits per heavy atom. The van der Waals surface area contributed by atoms with E-state index in [-0.39, 0.29) is 0 Å².